The van der Waals surface area contributed by atoms with Gasteiger partial charge < -0.3 is 5.32 Å². The van der Waals surface area contributed by atoms with E-state index in [0.29, 0.717) is 18.1 Å². The van der Waals surface area contributed by atoms with E-state index in [1.807, 2.05) is 6.92 Å². The van der Waals surface area contributed by atoms with Gasteiger partial charge in [-0.2, -0.15) is 0 Å². The van der Waals surface area contributed by atoms with E-state index in [2.05, 4.69) is 15.3 Å². The second-order valence-electron chi connectivity index (χ2n) is 4.33. The van der Waals surface area contributed by atoms with Crippen LogP contribution in [0.2, 0.25) is 0 Å². The van der Waals surface area contributed by atoms with E-state index in [4.69, 9.17) is 0 Å². The summed E-state index contributed by atoms with van der Waals surface area (Å²) in [5, 5.41) is 2.98. The van der Waals surface area contributed by atoms with Gasteiger partial charge in [0.1, 0.15) is 11.5 Å². The average Bonchev–Trinajstić information content (AvgIpc) is 2.36. The first-order valence-electron chi connectivity index (χ1n) is 6.14. The largest absolute Gasteiger partial charge is 0.354 e. The molecule has 0 fully saturated rings. The molecule has 19 heavy (non-hydrogen) atoms. The van der Waals surface area contributed by atoms with Gasteiger partial charge >= 0.3 is 0 Å². The molecular formula is C14H15F2N3. The third-order valence-corrected chi connectivity index (χ3v) is 2.59. The molecule has 1 aromatic carbocycles. The molecule has 1 N–H and O–H groups in total. The first-order valence-corrected chi connectivity index (χ1v) is 6.14. The van der Waals surface area contributed by atoms with Crippen LogP contribution in [0.3, 0.4) is 0 Å². The zero-order valence-corrected chi connectivity index (χ0v) is 10.9. The lowest BCUT2D eigenvalue weighted by atomic mass is 10.1. The predicted molar refractivity (Wildman–Crippen MR) is 70.9 cm³/mol. The molecule has 2 aromatic rings. The highest BCUT2D eigenvalue weighted by Crippen LogP contribution is 2.23. The summed E-state index contributed by atoms with van der Waals surface area (Å²) in [6.45, 7) is 4.46. The second kappa shape index (κ2) is 5.73. The Hall–Kier alpha value is -2.04. The van der Waals surface area contributed by atoms with Crippen LogP contribution in [0.15, 0.2) is 24.4 Å². The van der Waals surface area contributed by atoms with Gasteiger partial charge in [0.05, 0.1) is 6.20 Å². The Morgan fingerprint density at radius 3 is 2.68 bits per heavy atom. The van der Waals surface area contributed by atoms with Gasteiger partial charge in [-0.1, -0.05) is 6.92 Å². The maximum atomic E-state index is 13.8. The smallest absolute Gasteiger partial charge is 0.223 e. The van der Waals surface area contributed by atoms with Crippen LogP contribution in [0, 0.1) is 18.6 Å². The van der Waals surface area contributed by atoms with Crippen molar-refractivity contribution in [3.05, 3.63) is 41.6 Å². The molecule has 100 valence electrons. The molecule has 2 rings (SSSR count). The lowest BCUT2D eigenvalue weighted by Gasteiger charge is -2.07. The van der Waals surface area contributed by atoms with Gasteiger partial charge in [0.15, 0.2) is 5.82 Å². The van der Waals surface area contributed by atoms with E-state index in [9.17, 15) is 8.78 Å². The van der Waals surface area contributed by atoms with Crippen LogP contribution in [0.4, 0.5) is 14.7 Å². The van der Waals surface area contributed by atoms with E-state index in [1.54, 1.807) is 13.0 Å². The van der Waals surface area contributed by atoms with Crippen molar-refractivity contribution < 1.29 is 8.78 Å². The highest BCUT2D eigenvalue weighted by atomic mass is 19.1. The third-order valence-electron chi connectivity index (χ3n) is 2.59. The number of benzene rings is 1. The van der Waals surface area contributed by atoms with Gasteiger partial charge in [-0.25, -0.2) is 18.7 Å². The minimum absolute atomic E-state index is 0.108. The topological polar surface area (TPSA) is 37.8 Å². The van der Waals surface area contributed by atoms with Crippen molar-refractivity contribution in [2.45, 2.75) is 20.3 Å². The van der Waals surface area contributed by atoms with Crippen LogP contribution in [0.1, 0.15) is 18.9 Å². The number of hydrogen-bond acceptors (Lipinski definition) is 3. The molecule has 1 heterocycles. The zero-order valence-electron chi connectivity index (χ0n) is 10.9. The highest BCUT2D eigenvalue weighted by molar-refractivity contribution is 5.61. The fourth-order valence-electron chi connectivity index (χ4n) is 1.76. The van der Waals surface area contributed by atoms with Gasteiger partial charge in [-0.15, -0.1) is 0 Å². The minimum Gasteiger partial charge on any atom is -0.354 e. The fourth-order valence-corrected chi connectivity index (χ4v) is 1.76. The maximum absolute atomic E-state index is 13.8. The molecule has 0 atom stereocenters. The number of nitrogens with zero attached hydrogens (tertiary/aromatic N) is 2. The first kappa shape index (κ1) is 13.4. The molecule has 0 spiro atoms. The molecule has 0 saturated heterocycles. The van der Waals surface area contributed by atoms with Gasteiger partial charge in [0.2, 0.25) is 5.95 Å². The molecular weight excluding hydrogens is 248 g/mol. The summed E-state index contributed by atoms with van der Waals surface area (Å²) >= 11 is 0. The summed E-state index contributed by atoms with van der Waals surface area (Å²) in [6, 6.07) is 4.35. The summed E-state index contributed by atoms with van der Waals surface area (Å²) in [4.78, 5) is 7.95. The Kier molecular flexibility index (Phi) is 4.04. The van der Waals surface area contributed by atoms with Gasteiger partial charge in [0.25, 0.3) is 0 Å². The van der Waals surface area contributed by atoms with Gasteiger partial charge in [0, 0.05) is 12.1 Å². The third kappa shape index (κ3) is 3.24. The summed E-state index contributed by atoms with van der Waals surface area (Å²) in [5.74, 6) is -0.622. The molecule has 0 saturated carbocycles. The molecule has 5 heteroatoms. The molecule has 0 aliphatic heterocycles. The highest BCUT2D eigenvalue weighted by Gasteiger charge is 2.10. The van der Waals surface area contributed by atoms with E-state index in [1.165, 1.54) is 12.1 Å². The molecule has 1 aromatic heterocycles. The molecule has 0 unspecified atom stereocenters. The minimum atomic E-state index is -0.563. The van der Waals surface area contributed by atoms with Crippen molar-refractivity contribution in [1.29, 1.82) is 0 Å². The Balaban J connectivity index is 2.42. The van der Waals surface area contributed by atoms with Crippen LogP contribution >= 0.6 is 0 Å². The number of aryl methyl sites for hydroxylation is 1. The van der Waals surface area contributed by atoms with Crippen molar-refractivity contribution in [2.24, 2.45) is 0 Å². The summed E-state index contributed by atoms with van der Waals surface area (Å²) in [7, 11) is 0. The lowest BCUT2D eigenvalue weighted by molar-refractivity contribution is 0.615. The summed E-state index contributed by atoms with van der Waals surface area (Å²) in [5.41, 5.74) is 1.24. The molecule has 0 aliphatic rings. The van der Waals surface area contributed by atoms with E-state index in [-0.39, 0.29) is 5.69 Å². The molecule has 3 nitrogen and oxygen atoms in total. The van der Waals surface area contributed by atoms with Gasteiger partial charge in [-0.05, 0) is 37.1 Å². The predicted octanol–water partition coefficient (Wildman–Crippen LogP) is 3.55. The first-order chi connectivity index (χ1) is 9.10. The number of anilines is 1. The fraction of sp³-hybridized carbons (Fsp3) is 0.286. The summed E-state index contributed by atoms with van der Waals surface area (Å²) < 4.78 is 27.1. The van der Waals surface area contributed by atoms with E-state index < -0.39 is 11.6 Å². The number of rotatable bonds is 4. The van der Waals surface area contributed by atoms with Gasteiger partial charge in [-0.3, -0.25) is 0 Å². The van der Waals surface area contributed by atoms with E-state index in [0.717, 1.165) is 18.2 Å². The average molecular weight is 263 g/mol. The number of aromatic nitrogens is 2. The zero-order chi connectivity index (χ0) is 13.8. The van der Waals surface area contributed by atoms with Crippen molar-refractivity contribution >= 4 is 5.95 Å². The maximum Gasteiger partial charge on any atom is 0.223 e. The molecule has 0 aliphatic carbocycles. The monoisotopic (exact) mass is 263 g/mol. The molecule has 0 radical (unpaired) electrons. The number of nitrogens with one attached hydrogen (secondary N) is 1. The number of halogens is 2. The standard InChI is InChI=1S/C14H15F2N3/c1-3-4-17-14-18-8-12(16)13(19-14)10-5-9(2)6-11(15)7-10/h5-8H,3-4H2,1-2H3,(H,17,18,19). The van der Waals surface area contributed by atoms with Crippen LogP contribution in [-0.4, -0.2) is 16.5 Å². The van der Waals surface area contributed by atoms with Crippen molar-refractivity contribution in [2.75, 3.05) is 11.9 Å². The normalized spacial score (nSPS) is 10.5. The Bertz CT molecular complexity index is 565. The van der Waals surface area contributed by atoms with Crippen molar-refractivity contribution in [3.63, 3.8) is 0 Å². The van der Waals surface area contributed by atoms with Crippen molar-refractivity contribution in [1.82, 2.24) is 9.97 Å². The number of hydrogen-bond donors (Lipinski definition) is 1. The summed E-state index contributed by atoms with van der Waals surface area (Å²) in [6.07, 6.45) is 2.01. The Morgan fingerprint density at radius 1 is 1.21 bits per heavy atom. The molecule has 0 bridgehead atoms. The molecule has 0 amide bonds. The second-order valence-corrected chi connectivity index (χ2v) is 4.33. The van der Waals surface area contributed by atoms with Crippen LogP contribution < -0.4 is 5.32 Å². The lowest BCUT2D eigenvalue weighted by Crippen LogP contribution is -2.06. The Morgan fingerprint density at radius 2 is 2.00 bits per heavy atom. The van der Waals surface area contributed by atoms with Crippen LogP contribution in [0.25, 0.3) is 11.3 Å². The van der Waals surface area contributed by atoms with E-state index >= 15 is 0 Å². The van der Waals surface area contributed by atoms with Crippen LogP contribution in [-0.2, 0) is 0 Å². The SMILES string of the molecule is CCCNc1ncc(F)c(-c2cc(C)cc(F)c2)n1. The quantitative estimate of drug-likeness (QED) is 0.916. The van der Waals surface area contributed by atoms with Crippen molar-refractivity contribution in [3.8, 4) is 11.3 Å². The Labute approximate surface area is 110 Å². The van der Waals surface area contributed by atoms with Crippen LogP contribution in [0.5, 0.6) is 0 Å².